The second-order valence-electron chi connectivity index (χ2n) is 4.50. The maximum Gasteiger partial charge on any atom is 0.232 e. The van der Waals surface area contributed by atoms with Gasteiger partial charge in [0.2, 0.25) is 5.88 Å². The van der Waals surface area contributed by atoms with Crippen LogP contribution in [0.2, 0.25) is 0 Å². The lowest BCUT2D eigenvalue weighted by Gasteiger charge is -2.31. The minimum atomic E-state index is -0.101. The van der Waals surface area contributed by atoms with Crippen LogP contribution in [-0.2, 0) is 6.61 Å². The molecule has 0 radical (unpaired) electrons. The first-order chi connectivity index (χ1) is 7.45. The van der Waals surface area contributed by atoms with Crippen molar-refractivity contribution in [1.82, 2.24) is 14.9 Å². The van der Waals surface area contributed by atoms with Gasteiger partial charge in [0.25, 0.3) is 0 Å². The first-order valence-electron chi connectivity index (χ1n) is 5.18. The molecule has 1 N–H and O–H groups in total. The van der Waals surface area contributed by atoms with E-state index in [9.17, 15) is 0 Å². The second kappa shape index (κ2) is 5.23. The van der Waals surface area contributed by atoms with Gasteiger partial charge in [0.1, 0.15) is 6.61 Å². The van der Waals surface area contributed by atoms with Gasteiger partial charge in [-0.05, 0) is 27.9 Å². The second-order valence-corrected chi connectivity index (χ2v) is 4.50. The Labute approximate surface area is 96.1 Å². The van der Waals surface area contributed by atoms with Gasteiger partial charge in [-0.25, -0.2) is 4.98 Å². The number of aromatic nitrogens is 2. The number of likely N-dealkylation sites (N-methyl/N-ethyl adjacent to an activating group) is 1. The SMILES string of the molecule is CN(C)C(C)(C)COc1cnc(CO)cn1. The monoisotopic (exact) mass is 225 g/mol. The first kappa shape index (κ1) is 12.9. The third kappa shape index (κ3) is 3.43. The molecule has 0 aliphatic carbocycles. The van der Waals surface area contributed by atoms with Crippen LogP contribution in [-0.4, -0.2) is 46.2 Å². The van der Waals surface area contributed by atoms with E-state index in [2.05, 4.69) is 28.7 Å². The highest BCUT2D eigenvalue weighted by Crippen LogP contribution is 2.12. The molecule has 0 aliphatic rings. The van der Waals surface area contributed by atoms with Gasteiger partial charge >= 0.3 is 0 Å². The molecule has 0 aliphatic heterocycles. The van der Waals surface area contributed by atoms with Crippen molar-refractivity contribution in [1.29, 1.82) is 0 Å². The number of hydrogen-bond acceptors (Lipinski definition) is 5. The van der Waals surface area contributed by atoms with Crippen molar-refractivity contribution in [3.63, 3.8) is 0 Å². The Morgan fingerprint density at radius 2 is 2.00 bits per heavy atom. The molecule has 1 heterocycles. The summed E-state index contributed by atoms with van der Waals surface area (Å²) in [6.45, 7) is 4.61. The molecule has 5 heteroatoms. The Morgan fingerprint density at radius 1 is 1.31 bits per heavy atom. The Hall–Kier alpha value is -1.20. The average molecular weight is 225 g/mol. The average Bonchev–Trinajstić information content (AvgIpc) is 2.27. The summed E-state index contributed by atoms with van der Waals surface area (Å²) in [7, 11) is 4.01. The van der Waals surface area contributed by atoms with Gasteiger partial charge in [-0.15, -0.1) is 0 Å². The summed E-state index contributed by atoms with van der Waals surface area (Å²) in [5.41, 5.74) is 0.483. The van der Waals surface area contributed by atoms with E-state index < -0.39 is 0 Å². The zero-order valence-electron chi connectivity index (χ0n) is 10.3. The fourth-order valence-corrected chi connectivity index (χ4v) is 0.879. The quantitative estimate of drug-likeness (QED) is 0.799. The molecular formula is C11H19N3O2. The maximum absolute atomic E-state index is 8.81. The van der Waals surface area contributed by atoms with Crippen molar-refractivity contribution in [2.24, 2.45) is 0 Å². The number of aliphatic hydroxyl groups is 1. The summed E-state index contributed by atoms with van der Waals surface area (Å²) in [5, 5.41) is 8.81. The van der Waals surface area contributed by atoms with Crippen LogP contribution in [0.15, 0.2) is 12.4 Å². The number of hydrogen-bond donors (Lipinski definition) is 1. The largest absolute Gasteiger partial charge is 0.475 e. The third-order valence-electron chi connectivity index (χ3n) is 2.63. The number of rotatable bonds is 5. The van der Waals surface area contributed by atoms with Gasteiger partial charge in [0.05, 0.1) is 24.7 Å². The molecule has 0 bridgehead atoms. The Kier molecular flexibility index (Phi) is 4.20. The van der Waals surface area contributed by atoms with Crippen LogP contribution in [0.1, 0.15) is 19.5 Å². The fraction of sp³-hybridized carbons (Fsp3) is 0.636. The lowest BCUT2D eigenvalue weighted by Crippen LogP contribution is -2.43. The zero-order valence-corrected chi connectivity index (χ0v) is 10.3. The highest BCUT2D eigenvalue weighted by Gasteiger charge is 2.21. The lowest BCUT2D eigenvalue weighted by atomic mass is 10.1. The van der Waals surface area contributed by atoms with Crippen LogP contribution in [0.25, 0.3) is 0 Å². The van der Waals surface area contributed by atoms with E-state index in [-0.39, 0.29) is 12.1 Å². The number of ether oxygens (including phenoxy) is 1. The summed E-state index contributed by atoms with van der Waals surface area (Å²) >= 11 is 0. The van der Waals surface area contributed by atoms with Crippen molar-refractivity contribution < 1.29 is 9.84 Å². The number of aliphatic hydroxyl groups excluding tert-OH is 1. The Morgan fingerprint density at radius 3 is 2.44 bits per heavy atom. The number of nitrogens with zero attached hydrogens (tertiary/aromatic N) is 3. The van der Waals surface area contributed by atoms with Crippen molar-refractivity contribution >= 4 is 0 Å². The van der Waals surface area contributed by atoms with E-state index >= 15 is 0 Å². The summed E-state index contributed by atoms with van der Waals surface area (Å²) < 4.78 is 5.53. The maximum atomic E-state index is 8.81. The molecular weight excluding hydrogens is 206 g/mol. The summed E-state index contributed by atoms with van der Waals surface area (Å²) in [5.74, 6) is 0.479. The molecule has 0 amide bonds. The molecule has 0 fully saturated rings. The fourth-order valence-electron chi connectivity index (χ4n) is 0.879. The molecule has 0 aromatic carbocycles. The Bertz CT molecular complexity index is 323. The van der Waals surface area contributed by atoms with Crippen LogP contribution in [0.4, 0.5) is 0 Å². The lowest BCUT2D eigenvalue weighted by molar-refractivity contribution is 0.110. The predicted molar refractivity (Wildman–Crippen MR) is 61.2 cm³/mol. The van der Waals surface area contributed by atoms with E-state index in [1.165, 1.54) is 12.4 Å². The Balaban J connectivity index is 2.54. The minimum Gasteiger partial charge on any atom is -0.475 e. The van der Waals surface area contributed by atoms with Gasteiger partial charge in [-0.3, -0.25) is 4.98 Å². The molecule has 1 aromatic heterocycles. The van der Waals surface area contributed by atoms with Crippen LogP contribution in [0.3, 0.4) is 0 Å². The summed E-state index contributed by atoms with van der Waals surface area (Å²) in [6.07, 6.45) is 3.04. The first-order valence-corrected chi connectivity index (χ1v) is 5.18. The molecule has 5 nitrogen and oxygen atoms in total. The predicted octanol–water partition coefficient (Wildman–Crippen LogP) is 0.688. The standard InChI is InChI=1S/C11H19N3O2/c1-11(2,14(3)4)8-16-10-6-12-9(7-15)5-13-10/h5-6,15H,7-8H2,1-4H3. The summed E-state index contributed by atoms with van der Waals surface area (Å²) in [6, 6.07) is 0. The molecule has 0 saturated heterocycles. The van der Waals surface area contributed by atoms with Crippen molar-refractivity contribution in [2.45, 2.75) is 26.0 Å². The van der Waals surface area contributed by atoms with Gasteiger partial charge in [-0.1, -0.05) is 0 Å². The highest BCUT2D eigenvalue weighted by molar-refractivity contribution is 5.06. The van der Waals surface area contributed by atoms with Crippen molar-refractivity contribution in [3.05, 3.63) is 18.1 Å². The molecule has 0 saturated carbocycles. The molecule has 0 unspecified atom stereocenters. The van der Waals surface area contributed by atoms with Gasteiger partial charge in [0.15, 0.2) is 0 Å². The van der Waals surface area contributed by atoms with Crippen molar-refractivity contribution in [2.75, 3.05) is 20.7 Å². The molecule has 0 spiro atoms. The molecule has 1 rings (SSSR count). The molecule has 1 aromatic rings. The van der Waals surface area contributed by atoms with E-state index in [0.29, 0.717) is 18.2 Å². The van der Waals surface area contributed by atoms with Crippen LogP contribution < -0.4 is 4.74 Å². The van der Waals surface area contributed by atoms with E-state index in [0.717, 1.165) is 0 Å². The molecule has 90 valence electrons. The van der Waals surface area contributed by atoms with Crippen LogP contribution in [0, 0.1) is 0 Å². The van der Waals surface area contributed by atoms with Gasteiger partial charge in [0, 0.05) is 5.54 Å². The smallest absolute Gasteiger partial charge is 0.232 e. The van der Waals surface area contributed by atoms with E-state index in [1.807, 2.05) is 14.1 Å². The molecule has 0 atom stereocenters. The third-order valence-corrected chi connectivity index (χ3v) is 2.63. The van der Waals surface area contributed by atoms with E-state index in [1.54, 1.807) is 0 Å². The normalized spacial score (nSPS) is 11.9. The molecule has 16 heavy (non-hydrogen) atoms. The van der Waals surface area contributed by atoms with Crippen LogP contribution >= 0.6 is 0 Å². The van der Waals surface area contributed by atoms with Crippen molar-refractivity contribution in [3.8, 4) is 5.88 Å². The highest BCUT2D eigenvalue weighted by atomic mass is 16.5. The minimum absolute atomic E-state index is 0.0582. The van der Waals surface area contributed by atoms with E-state index in [4.69, 9.17) is 9.84 Å². The van der Waals surface area contributed by atoms with Crippen LogP contribution in [0.5, 0.6) is 5.88 Å². The summed E-state index contributed by atoms with van der Waals surface area (Å²) in [4.78, 5) is 10.1. The van der Waals surface area contributed by atoms with Gasteiger partial charge < -0.3 is 14.7 Å². The topological polar surface area (TPSA) is 58.5 Å². The van der Waals surface area contributed by atoms with Gasteiger partial charge in [-0.2, -0.15) is 0 Å². The zero-order chi connectivity index (χ0) is 12.2.